The van der Waals surface area contributed by atoms with E-state index in [1.54, 1.807) is 4.90 Å². The van der Waals surface area contributed by atoms with Crippen molar-refractivity contribution in [1.82, 2.24) is 10.2 Å². The number of aliphatic hydroxyl groups is 1. The Kier molecular flexibility index (Phi) is 2.42. The van der Waals surface area contributed by atoms with E-state index in [1.807, 2.05) is 0 Å². The summed E-state index contributed by atoms with van der Waals surface area (Å²) < 4.78 is 5.41. The fourth-order valence-corrected chi connectivity index (χ4v) is 2.58. The van der Waals surface area contributed by atoms with Crippen LogP contribution in [0.1, 0.15) is 12.8 Å². The molecule has 5 nitrogen and oxygen atoms in total. The highest BCUT2D eigenvalue weighted by Gasteiger charge is 2.54. The highest BCUT2D eigenvalue weighted by Crippen LogP contribution is 2.44. The van der Waals surface area contributed by atoms with E-state index in [0.29, 0.717) is 32.2 Å². The van der Waals surface area contributed by atoms with Crippen LogP contribution < -0.4 is 5.32 Å². The molecule has 0 radical (unpaired) electrons. The van der Waals surface area contributed by atoms with E-state index in [1.165, 1.54) is 0 Å². The van der Waals surface area contributed by atoms with Crippen molar-refractivity contribution in [2.75, 3.05) is 32.8 Å². The Labute approximate surface area is 94.8 Å². The lowest BCUT2D eigenvalue weighted by atomic mass is 9.88. The van der Waals surface area contributed by atoms with E-state index >= 15 is 0 Å². The molecule has 0 bridgehead atoms. The largest absolute Gasteiger partial charge is 0.386 e. The molecule has 1 unspecified atom stereocenters. The first-order chi connectivity index (χ1) is 7.69. The Morgan fingerprint density at radius 3 is 2.75 bits per heavy atom. The van der Waals surface area contributed by atoms with Gasteiger partial charge in [0.05, 0.1) is 19.7 Å². The van der Waals surface area contributed by atoms with Gasteiger partial charge in [0.1, 0.15) is 11.7 Å². The first kappa shape index (κ1) is 10.5. The summed E-state index contributed by atoms with van der Waals surface area (Å²) in [6.45, 7) is 3.00. The van der Waals surface area contributed by atoms with Gasteiger partial charge in [0, 0.05) is 13.1 Å². The van der Waals surface area contributed by atoms with E-state index in [2.05, 4.69) is 5.32 Å². The van der Waals surface area contributed by atoms with Crippen molar-refractivity contribution in [3.63, 3.8) is 0 Å². The fourth-order valence-electron chi connectivity index (χ4n) is 2.58. The molecule has 1 aliphatic carbocycles. The minimum Gasteiger partial charge on any atom is -0.386 e. The molecule has 3 rings (SSSR count). The van der Waals surface area contributed by atoms with Gasteiger partial charge in [-0.3, -0.25) is 4.79 Å². The number of β-amino-alcohol motifs (C(OH)–C–C–N with tert-alkyl or cyclic N) is 1. The number of carbonyl (C=O) groups is 1. The van der Waals surface area contributed by atoms with Crippen LogP contribution in [0.2, 0.25) is 0 Å². The van der Waals surface area contributed by atoms with E-state index < -0.39 is 5.60 Å². The zero-order chi connectivity index (χ0) is 11.2. The number of rotatable bonds is 2. The van der Waals surface area contributed by atoms with Crippen LogP contribution in [0.15, 0.2) is 0 Å². The van der Waals surface area contributed by atoms with Crippen molar-refractivity contribution in [3.8, 4) is 0 Å². The van der Waals surface area contributed by atoms with Crippen molar-refractivity contribution in [2.24, 2.45) is 5.92 Å². The number of nitrogens with zero attached hydrogens (tertiary/aromatic N) is 1. The molecule has 5 heteroatoms. The molecule has 0 spiro atoms. The smallest absolute Gasteiger partial charge is 0.253 e. The molecule has 0 aromatic heterocycles. The molecular formula is C11H18N2O3. The topological polar surface area (TPSA) is 61.8 Å². The molecule has 16 heavy (non-hydrogen) atoms. The molecule has 1 amide bonds. The predicted molar refractivity (Wildman–Crippen MR) is 56.9 cm³/mol. The first-order valence-electron chi connectivity index (χ1n) is 6.02. The SMILES string of the molecule is O=C(C1CNCCO1)N1CC(O)(C2CC2)C1. The second-order valence-corrected chi connectivity index (χ2v) is 5.14. The van der Waals surface area contributed by atoms with Gasteiger partial charge < -0.3 is 20.1 Å². The molecule has 2 heterocycles. The lowest BCUT2D eigenvalue weighted by Crippen LogP contribution is -2.67. The second-order valence-electron chi connectivity index (χ2n) is 5.14. The van der Waals surface area contributed by atoms with Gasteiger partial charge in [0.2, 0.25) is 0 Å². The predicted octanol–water partition coefficient (Wildman–Crippen LogP) is -1.04. The zero-order valence-corrected chi connectivity index (χ0v) is 9.32. The van der Waals surface area contributed by atoms with E-state index in [-0.39, 0.29) is 12.0 Å². The average molecular weight is 226 g/mol. The molecule has 2 aliphatic heterocycles. The number of ether oxygens (including phenoxy) is 1. The van der Waals surface area contributed by atoms with E-state index in [0.717, 1.165) is 19.4 Å². The molecule has 3 aliphatic rings. The molecule has 2 saturated heterocycles. The minimum atomic E-state index is -0.586. The van der Waals surface area contributed by atoms with Gasteiger partial charge in [-0.1, -0.05) is 0 Å². The molecule has 3 fully saturated rings. The van der Waals surface area contributed by atoms with Gasteiger partial charge in [-0.15, -0.1) is 0 Å². The summed E-state index contributed by atoms with van der Waals surface area (Å²) in [6, 6.07) is 0. The van der Waals surface area contributed by atoms with Gasteiger partial charge in [0.25, 0.3) is 5.91 Å². The highest BCUT2D eigenvalue weighted by molar-refractivity contribution is 5.82. The summed E-state index contributed by atoms with van der Waals surface area (Å²) in [4.78, 5) is 13.7. The number of amides is 1. The third-order valence-corrected chi connectivity index (χ3v) is 3.78. The summed E-state index contributed by atoms with van der Waals surface area (Å²) >= 11 is 0. The molecule has 0 aromatic rings. The number of morpholine rings is 1. The van der Waals surface area contributed by atoms with Crippen LogP contribution in [0.3, 0.4) is 0 Å². The monoisotopic (exact) mass is 226 g/mol. The van der Waals surface area contributed by atoms with Crippen LogP contribution in [0.5, 0.6) is 0 Å². The standard InChI is InChI=1S/C11H18N2O3/c14-10(9-5-12-3-4-16-9)13-6-11(15,7-13)8-1-2-8/h8-9,12,15H,1-7H2. The number of nitrogens with one attached hydrogen (secondary N) is 1. The van der Waals surface area contributed by atoms with Crippen LogP contribution in [0.4, 0.5) is 0 Å². The molecule has 1 atom stereocenters. The molecule has 1 saturated carbocycles. The van der Waals surface area contributed by atoms with Gasteiger partial charge in [-0.2, -0.15) is 0 Å². The van der Waals surface area contributed by atoms with Gasteiger partial charge in [0.15, 0.2) is 0 Å². The Bertz CT molecular complexity index is 292. The van der Waals surface area contributed by atoms with Crippen LogP contribution in [0.25, 0.3) is 0 Å². The highest BCUT2D eigenvalue weighted by atomic mass is 16.5. The maximum absolute atomic E-state index is 12.0. The van der Waals surface area contributed by atoms with Crippen molar-refractivity contribution in [3.05, 3.63) is 0 Å². The van der Waals surface area contributed by atoms with Gasteiger partial charge in [-0.05, 0) is 18.8 Å². The summed E-state index contributed by atoms with van der Waals surface area (Å²) in [7, 11) is 0. The lowest BCUT2D eigenvalue weighted by molar-refractivity contribution is -0.171. The van der Waals surface area contributed by atoms with Crippen molar-refractivity contribution >= 4 is 5.91 Å². The maximum Gasteiger partial charge on any atom is 0.253 e. The number of carbonyl (C=O) groups excluding carboxylic acids is 1. The Balaban J connectivity index is 1.53. The van der Waals surface area contributed by atoms with Crippen LogP contribution >= 0.6 is 0 Å². The van der Waals surface area contributed by atoms with Crippen LogP contribution in [-0.2, 0) is 9.53 Å². The summed E-state index contributed by atoms with van der Waals surface area (Å²) in [5, 5.41) is 13.3. The zero-order valence-electron chi connectivity index (χ0n) is 9.32. The molecular weight excluding hydrogens is 208 g/mol. The second kappa shape index (κ2) is 3.68. The van der Waals surface area contributed by atoms with Gasteiger partial charge in [-0.25, -0.2) is 0 Å². The molecule has 90 valence electrons. The van der Waals surface area contributed by atoms with Crippen molar-refractivity contribution in [1.29, 1.82) is 0 Å². The summed E-state index contributed by atoms with van der Waals surface area (Å²) in [5.74, 6) is 0.458. The number of likely N-dealkylation sites (tertiary alicyclic amines) is 1. The van der Waals surface area contributed by atoms with Crippen molar-refractivity contribution in [2.45, 2.75) is 24.5 Å². The van der Waals surface area contributed by atoms with Crippen LogP contribution in [-0.4, -0.2) is 60.4 Å². The average Bonchev–Trinajstić information content (AvgIpc) is 3.09. The first-order valence-corrected chi connectivity index (χ1v) is 6.02. The third kappa shape index (κ3) is 1.73. The normalized spacial score (nSPS) is 33.3. The Morgan fingerprint density at radius 2 is 2.19 bits per heavy atom. The molecule has 2 N–H and O–H groups in total. The van der Waals surface area contributed by atoms with E-state index in [4.69, 9.17) is 4.74 Å². The Morgan fingerprint density at radius 1 is 1.44 bits per heavy atom. The summed E-state index contributed by atoms with van der Waals surface area (Å²) in [5.41, 5.74) is -0.586. The molecule has 0 aromatic carbocycles. The van der Waals surface area contributed by atoms with Gasteiger partial charge >= 0.3 is 0 Å². The van der Waals surface area contributed by atoms with Crippen LogP contribution in [0, 0.1) is 5.92 Å². The Hall–Kier alpha value is -0.650. The van der Waals surface area contributed by atoms with Crippen molar-refractivity contribution < 1.29 is 14.6 Å². The quantitative estimate of drug-likeness (QED) is 0.631. The number of hydrogen-bond donors (Lipinski definition) is 2. The van der Waals surface area contributed by atoms with E-state index in [9.17, 15) is 9.90 Å². The minimum absolute atomic E-state index is 0.0255. The number of hydrogen-bond acceptors (Lipinski definition) is 4. The lowest BCUT2D eigenvalue weighted by Gasteiger charge is -2.48. The third-order valence-electron chi connectivity index (χ3n) is 3.78. The summed E-state index contributed by atoms with van der Waals surface area (Å²) in [6.07, 6.45) is 1.87. The fraction of sp³-hybridized carbons (Fsp3) is 0.909. The maximum atomic E-state index is 12.0.